The number of nitrogens with zero attached hydrogens (tertiary/aromatic N) is 1. The largest absolute Gasteiger partial charge is 0.285 e. The van der Waals surface area contributed by atoms with Gasteiger partial charge in [0, 0.05) is 14.9 Å². The van der Waals surface area contributed by atoms with E-state index >= 15 is 0 Å². The first-order valence-corrected chi connectivity index (χ1v) is 8.44. The van der Waals surface area contributed by atoms with Gasteiger partial charge in [-0.05, 0) is 48.5 Å². The van der Waals surface area contributed by atoms with E-state index in [1.54, 1.807) is 30.3 Å². The molecular formula is C15H10BrClN2OS. The standard InChI is InChI=1S/C15H10BrClN2OS/c16-11-5-6-14-10(8-11)4-7-15(18-14)19-21(20)13-3-1-2-12(17)9-13/h1-9H,(H,18,19). The summed E-state index contributed by atoms with van der Waals surface area (Å²) in [7, 11) is -1.40. The molecule has 1 atom stereocenters. The number of rotatable bonds is 3. The highest BCUT2D eigenvalue weighted by Gasteiger charge is 2.06. The second kappa shape index (κ2) is 6.13. The molecule has 0 aliphatic carbocycles. The first-order valence-electron chi connectivity index (χ1n) is 6.12. The van der Waals surface area contributed by atoms with Crippen LogP contribution in [0.15, 0.2) is 64.0 Å². The van der Waals surface area contributed by atoms with Crippen molar-refractivity contribution >= 4 is 55.2 Å². The number of pyridine rings is 1. The molecule has 1 unspecified atom stereocenters. The fourth-order valence-corrected chi connectivity index (χ4v) is 3.38. The topological polar surface area (TPSA) is 42.0 Å². The summed E-state index contributed by atoms with van der Waals surface area (Å²) >= 11 is 9.33. The minimum atomic E-state index is -1.40. The molecule has 106 valence electrons. The maximum Gasteiger partial charge on any atom is 0.151 e. The molecule has 3 aromatic rings. The van der Waals surface area contributed by atoms with Gasteiger partial charge in [0.05, 0.1) is 10.4 Å². The van der Waals surface area contributed by atoms with E-state index in [9.17, 15) is 4.21 Å². The Morgan fingerprint density at radius 2 is 1.95 bits per heavy atom. The zero-order valence-electron chi connectivity index (χ0n) is 10.7. The van der Waals surface area contributed by atoms with Crippen LogP contribution in [0, 0.1) is 0 Å². The second-order valence-corrected chi connectivity index (χ2v) is 6.93. The Balaban J connectivity index is 1.87. The van der Waals surface area contributed by atoms with E-state index in [1.807, 2.05) is 24.3 Å². The van der Waals surface area contributed by atoms with Gasteiger partial charge in [0.2, 0.25) is 0 Å². The molecule has 2 aromatic carbocycles. The van der Waals surface area contributed by atoms with Crippen LogP contribution in [-0.4, -0.2) is 9.19 Å². The van der Waals surface area contributed by atoms with Crippen molar-refractivity contribution in [3.63, 3.8) is 0 Å². The molecule has 1 aromatic heterocycles. The molecule has 1 N–H and O–H groups in total. The van der Waals surface area contributed by atoms with Crippen molar-refractivity contribution in [2.75, 3.05) is 4.72 Å². The summed E-state index contributed by atoms with van der Waals surface area (Å²) in [5.74, 6) is 0.558. The smallest absolute Gasteiger partial charge is 0.151 e. The molecule has 21 heavy (non-hydrogen) atoms. The van der Waals surface area contributed by atoms with Crippen LogP contribution in [0.1, 0.15) is 0 Å². The molecule has 3 rings (SSSR count). The number of halogens is 2. The van der Waals surface area contributed by atoms with E-state index in [4.69, 9.17) is 11.6 Å². The van der Waals surface area contributed by atoms with Crippen molar-refractivity contribution in [1.29, 1.82) is 0 Å². The molecule has 0 aliphatic heterocycles. The molecule has 3 nitrogen and oxygen atoms in total. The van der Waals surface area contributed by atoms with Gasteiger partial charge in [-0.25, -0.2) is 9.19 Å². The minimum absolute atomic E-state index is 0.555. The second-order valence-electron chi connectivity index (χ2n) is 4.36. The highest BCUT2D eigenvalue weighted by atomic mass is 79.9. The van der Waals surface area contributed by atoms with Crippen molar-refractivity contribution < 1.29 is 4.21 Å². The predicted octanol–water partition coefficient (Wildman–Crippen LogP) is 4.79. The predicted molar refractivity (Wildman–Crippen MR) is 90.9 cm³/mol. The van der Waals surface area contributed by atoms with Crippen molar-refractivity contribution in [2.24, 2.45) is 0 Å². The van der Waals surface area contributed by atoms with Crippen LogP contribution in [0.2, 0.25) is 5.02 Å². The quantitative estimate of drug-likeness (QED) is 0.709. The fraction of sp³-hybridized carbons (Fsp3) is 0. The van der Waals surface area contributed by atoms with Gasteiger partial charge in [-0.2, -0.15) is 0 Å². The van der Waals surface area contributed by atoms with Gasteiger partial charge in [-0.15, -0.1) is 0 Å². The molecule has 0 amide bonds. The maximum atomic E-state index is 12.3. The van der Waals surface area contributed by atoms with E-state index in [0.29, 0.717) is 15.7 Å². The molecule has 0 fully saturated rings. The van der Waals surface area contributed by atoms with Crippen LogP contribution in [0.4, 0.5) is 5.82 Å². The summed E-state index contributed by atoms with van der Waals surface area (Å²) in [6.45, 7) is 0. The fourth-order valence-electron chi connectivity index (χ4n) is 1.89. The first kappa shape index (κ1) is 14.5. The first-order chi connectivity index (χ1) is 10.1. The Kier molecular flexibility index (Phi) is 4.24. The van der Waals surface area contributed by atoms with Gasteiger partial charge in [0.1, 0.15) is 5.82 Å². The number of benzene rings is 2. The number of nitrogens with one attached hydrogen (secondary N) is 1. The Bertz CT molecular complexity index is 841. The molecule has 0 saturated carbocycles. The highest BCUT2D eigenvalue weighted by molar-refractivity contribution is 9.10. The summed E-state index contributed by atoms with van der Waals surface area (Å²) in [6.07, 6.45) is 0. The van der Waals surface area contributed by atoms with Crippen LogP contribution in [-0.2, 0) is 11.0 Å². The Hall–Kier alpha value is -1.43. The average molecular weight is 382 g/mol. The lowest BCUT2D eigenvalue weighted by Gasteiger charge is -2.07. The molecule has 0 bridgehead atoms. The minimum Gasteiger partial charge on any atom is -0.285 e. The van der Waals surface area contributed by atoms with Gasteiger partial charge >= 0.3 is 0 Å². The lowest BCUT2D eigenvalue weighted by Crippen LogP contribution is -2.06. The zero-order chi connectivity index (χ0) is 14.8. The third kappa shape index (κ3) is 3.43. The van der Waals surface area contributed by atoms with Crippen molar-refractivity contribution in [3.8, 4) is 0 Å². The van der Waals surface area contributed by atoms with Crippen molar-refractivity contribution in [3.05, 3.63) is 64.1 Å². The number of aromatic nitrogens is 1. The van der Waals surface area contributed by atoms with Gasteiger partial charge in [0.15, 0.2) is 11.0 Å². The van der Waals surface area contributed by atoms with Crippen molar-refractivity contribution in [1.82, 2.24) is 4.98 Å². The molecule has 0 saturated heterocycles. The van der Waals surface area contributed by atoms with Crippen LogP contribution in [0.3, 0.4) is 0 Å². The molecule has 1 heterocycles. The van der Waals surface area contributed by atoms with Gasteiger partial charge in [-0.1, -0.05) is 33.6 Å². The summed E-state index contributed by atoms with van der Waals surface area (Å²) in [6, 6.07) is 16.5. The Morgan fingerprint density at radius 3 is 2.76 bits per heavy atom. The lowest BCUT2D eigenvalue weighted by atomic mass is 10.2. The number of anilines is 1. The Morgan fingerprint density at radius 1 is 1.10 bits per heavy atom. The summed E-state index contributed by atoms with van der Waals surface area (Å²) in [5, 5.41) is 1.57. The van der Waals surface area contributed by atoms with Crippen molar-refractivity contribution in [2.45, 2.75) is 4.90 Å². The molecule has 0 spiro atoms. The summed E-state index contributed by atoms with van der Waals surface area (Å²) in [5.41, 5.74) is 0.839. The van der Waals surface area contributed by atoms with E-state index in [2.05, 4.69) is 25.6 Å². The van der Waals surface area contributed by atoms with E-state index < -0.39 is 11.0 Å². The molecule has 6 heteroatoms. The molecule has 0 aliphatic rings. The van der Waals surface area contributed by atoms with Gasteiger partial charge in [0.25, 0.3) is 0 Å². The normalized spacial score (nSPS) is 12.3. The molecule has 0 radical (unpaired) electrons. The summed E-state index contributed by atoms with van der Waals surface area (Å²) in [4.78, 5) is 5.06. The molecular weight excluding hydrogens is 372 g/mol. The number of hydrogen-bond acceptors (Lipinski definition) is 2. The van der Waals surface area contributed by atoms with Crippen LogP contribution in [0.25, 0.3) is 10.9 Å². The van der Waals surface area contributed by atoms with E-state index in [0.717, 1.165) is 15.4 Å². The average Bonchev–Trinajstić information content (AvgIpc) is 2.47. The SMILES string of the molecule is O=S(Nc1ccc2cc(Br)ccc2n1)c1cccc(Cl)c1. The third-order valence-electron chi connectivity index (χ3n) is 2.86. The van der Waals surface area contributed by atoms with Gasteiger partial charge in [-0.3, -0.25) is 4.72 Å². The Labute approximate surface area is 138 Å². The van der Waals surface area contributed by atoms with Crippen LogP contribution < -0.4 is 4.72 Å². The monoisotopic (exact) mass is 380 g/mol. The number of hydrogen-bond donors (Lipinski definition) is 1. The van der Waals surface area contributed by atoms with E-state index in [1.165, 1.54) is 0 Å². The zero-order valence-corrected chi connectivity index (χ0v) is 13.9. The third-order valence-corrected chi connectivity index (χ3v) is 4.66. The summed E-state index contributed by atoms with van der Waals surface area (Å²) < 4.78 is 16.1. The lowest BCUT2D eigenvalue weighted by molar-refractivity contribution is 0.686. The van der Waals surface area contributed by atoms with Gasteiger partial charge < -0.3 is 0 Å². The van der Waals surface area contributed by atoms with Crippen LogP contribution >= 0.6 is 27.5 Å². The highest BCUT2D eigenvalue weighted by Crippen LogP contribution is 2.21. The number of fused-ring (bicyclic) bond motifs is 1. The maximum absolute atomic E-state index is 12.3. The van der Waals surface area contributed by atoms with E-state index in [-0.39, 0.29) is 0 Å². The van der Waals surface area contributed by atoms with Crippen LogP contribution in [0.5, 0.6) is 0 Å².